The molecule has 5 nitrogen and oxygen atoms in total. The molecule has 1 rings (SSSR count). The molecule has 0 spiro atoms. The Morgan fingerprint density at radius 1 is 1.33 bits per heavy atom. The summed E-state index contributed by atoms with van der Waals surface area (Å²) in [6.45, 7) is 0. The molecule has 21 heavy (non-hydrogen) atoms. The standard InChI is InChI=1S/C15H22N2O3S/c1-20-15(19)13(10-11-6-4-3-5-7-11)17-14(18)12(16)8-9-21-2/h3-7,12-13H,8-10,16H2,1-2H3,(H,17,18)/t12-,13?/m1/s1. The lowest BCUT2D eigenvalue weighted by atomic mass is 10.1. The monoisotopic (exact) mass is 310 g/mol. The summed E-state index contributed by atoms with van der Waals surface area (Å²) in [5, 5.41) is 2.68. The summed E-state index contributed by atoms with van der Waals surface area (Å²) >= 11 is 1.63. The van der Waals surface area contributed by atoms with Gasteiger partial charge in [-0.25, -0.2) is 4.79 Å². The average Bonchev–Trinajstić information content (AvgIpc) is 2.51. The van der Waals surface area contributed by atoms with Crippen molar-refractivity contribution in [1.82, 2.24) is 5.32 Å². The van der Waals surface area contributed by atoms with Crippen LogP contribution in [0.5, 0.6) is 0 Å². The van der Waals surface area contributed by atoms with Crippen LogP contribution in [0.4, 0.5) is 0 Å². The molecule has 1 amide bonds. The molecule has 3 N–H and O–H groups in total. The highest BCUT2D eigenvalue weighted by Crippen LogP contribution is 2.06. The Morgan fingerprint density at radius 3 is 2.57 bits per heavy atom. The van der Waals surface area contributed by atoms with Crippen molar-refractivity contribution < 1.29 is 14.3 Å². The minimum absolute atomic E-state index is 0.324. The van der Waals surface area contributed by atoms with Crippen molar-refractivity contribution in [2.75, 3.05) is 19.1 Å². The van der Waals surface area contributed by atoms with Gasteiger partial charge in [0.05, 0.1) is 13.2 Å². The Morgan fingerprint density at radius 2 is 2.00 bits per heavy atom. The van der Waals surface area contributed by atoms with E-state index in [-0.39, 0.29) is 5.91 Å². The lowest BCUT2D eigenvalue weighted by Gasteiger charge is -2.19. The topological polar surface area (TPSA) is 81.4 Å². The van der Waals surface area contributed by atoms with Crippen LogP contribution in [0.15, 0.2) is 30.3 Å². The van der Waals surface area contributed by atoms with E-state index in [1.165, 1.54) is 7.11 Å². The Bertz CT molecular complexity index is 453. The second kappa shape index (κ2) is 9.41. The molecule has 0 radical (unpaired) electrons. The number of nitrogens with one attached hydrogen (secondary N) is 1. The third kappa shape index (κ3) is 6.18. The zero-order valence-corrected chi connectivity index (χ0v) is 13.2. The van der Waals surface area contributed by atoms with Crippen LogP contribution in [0.25, 0.3) is 0 Å². The van der Waals surface area contributed by atoms with Crippen LogP contribution in [0, 0.1) is 0 Å². The largest absolute Gasteiger partial charge is 0.467 e. The third-order valence-electron chi connectivity index (χ3n) is 3.05. The fraction of sp³-hybridized carbons (Fsp3) is 0.467. The number of methoxy groups -OCH3 is 1. The highest BCUT2D eigenvalue weighted by molar-refractivity contribution is 7.98. The lowest BCUT2D eigenvalue weighted by Crippen LogP contribution is -2.49. The number of ether oxygens (including phenoxy) is 1. The summed E-state index contributed by atoms with van der Waals surface area (Å²) in [5.74, 6) is 0.00976. The summed E-state index contributed by atoms with van der Waals surface area (Å²) in [5.41, 5.74) is 6.76. The molecule has 2 atom stereocenters. The van der Waals surface area contributed by atoms with Gasteiger partial charge in [0, 0.05) is 6.42 Å². The van der Waals surface area contributed by atoms with Crippen molar-refractivity contribution in [2.24, 2.45) is 5.73 Å². The van der Waals surface area contributed by atoms with E-state index < -0.39 is 18.1 Å². The van der Waals surface area contributed by atoms with Gasteiger partial charge in [0.2, 0.25) is 5.91 Å². The maximum atomic E-state index is 12.0. The van der Waals surface area contributed by atoms with Crippen molar-refractivity contribution in [3.8, 4) is 0 Å². The summed E-state index contributed by atoms with van der Waals surface area (Å²) in [6.07, 6.45) is 2.91. The molecule has 0 aliphatic rings. The lowest BCUT2D eigenvalue weighted by molar-refractivity contribution is -0.145. The van der Waals surface area contributed by atoms with E-state index in [0.29, 0.717) is 12.8 Å². The molecule has 0 saturated heterocycles. The zero-order valence-electron chi connectivity index (χ0n) is 12.4. The molecule has 0 fully saturated rings. The number of amides is 1. The number of rotatable bonds is 8. The second-order valence-electron chi connectivity index (χ2n) is 4.66. The van der Waals surface area contributed by atoms with Gasteiger partial charge in [0.25, 0.3) is 0 Å². The first kappa shape index (κ1) is 17.5. The molecule has 0 aliphatic carbocycles. The van der Waals surface area contributed by atoms with Crippen molar-refractivity contribution in [2.45, 2.75) is 24.9 Å². The zero-order chi connectivity index (χ0) is 15.7. The quantitative estimate of drug-likeness (QED) is 0.699. The summed E-state index contributed by atoms with van der Waals surface area (Å²) in [7, 11) is 1.31. The average molecular weight is 310 g/mol. The number of esters is 1. The summed E-state index contributed by atoms with van der Waals surface area (Å²) in [6, 6.07) is 8.13. The Hall–Kier alpha value is -1.53. The number of carbonyl (C=O) groups excluding carboxylic acids is 2. The smallest absolute Gasteiger partial charge is 0.328 e. The minimum atomic E-state index is -0.717. The fourth-order valence-electron chi connectivity index (χ4n) is 1.84. The highest BCUT2D eigenvalue weighted by atomic mass is 32.2. The van der Waals surface area contributed by atoms with Gasteiger partial charge < -0.3 is 15.8 Å². The Kier molecular flexibility index (Phi) is 7.85. The normalized spacial score (nSPS) is 13.3. The van der Waals surface area contributed by atoms with Gasteiger partial charge in [0.15, 0.2) is 0 Å². The van der Waals surface area contributed by atoms with E-state index in [2.05, 4.69) is 5.32 Å². The van der Waals surface area contributed by atoms with E-state index in [9.17, 15) is 9.59 Å². The fourth-order valence-corrected chi connectivity index (χ4v) is 2.33. The molecule has 0 bridgehead atoms. The van der Waals surface area contributed by atoms with Gasteiger partial charge in [-0.3, -0.25) is 4.79 Å². The van der Waals surface area contributed by atoms with Gasteiger partial charge >= 0.3 is 5.97 Å². The van der Waals surface area contributed by atoms with Crippen molar-refractivity contribution in [3.63, 3.8) is 0 Å². The minimum Gasteiger partial charge on any atom is -0.467 e. The van der Waals surface area contributed by atoms with E-state index in [1.807, 2.05) is 36.6 Å². The first-order chi connectivity index (χ1) is 10.1. The van der Waals surface area contributed by atoms with Gasteiger partial charge in [-0.05, 0) is 24.0 Å². The Labute approximate surface area is 129 Å². The Balaban J connectivity index is 2.66. The molecule has 116 valence electrons. The van der Waals surface area contributed by atoms with Crippen LogP contribution < -0.4 is 11.1 Å². The second-order valence-corrected chi connectivity index (χ2v) is 5.65. The predicted octanol–water partition coefficient (Wildman–Crippen LogP) is 0.967. The van der Waals surface area contributed by atoms with Crippen LogP contribution in [-0.4, -0.2) is 43.1 Å². The molecular formula is C15H22N2O3S. The van der Waals surface area contributed by atoms with Crippen molar-refractivity contribution in [3.05, 3.63) is 35.9 Å². The summed E-state index contributed by atoms with van der Waals surface area (Å²) in [4.78, 5) is 23.8. The number of carbonyl (C=O) groups is 2. The van der Waals surface area contributed by atoms with E-state index in [0.717, 1.165) is 11.3 Å². The third-order valence-corrected chi connectivity index (χ3v) is 3.70. The number of nitrogens with two attached hydrogens (primary N) is 1. The molecule has 6 heteroatoms. The molecular weight excluding hydrogens is 288 g/mol. The number of hydrogen-bond donors (Lipinski definition) is 2. The van der Waals surface area contributed by atoms with E-state index in [1.54, 1.807) is 11.8 Å². The molecule has 0 aliphatic heterocycles. The predicted molar refractivity (Wildman–Crippen MR) is 85.1 cm³/mol. The maximum Gasteiger partial charge on any atom is 0.328 e. The van der Waals surface area contributed by atoms with Gasteiger partial charge in [-0.2, -0.15) is 11.8 Å². The van der Waals surface area contributed by atoms with Crippen LogP contribution in [0.3, 0.4) is 0 Å². The molecule has 1 aromatic rings. The molecule has 1 unspecified atom stereocenters. The van der Waals surface area contributed by atoms with Crippen LogP contribution in [0.2, 0.25) is 0 Å². The number of thioether (sulfide) groups is 1. The molecule has 1 aromatic carbocycles. The summed E-state index contributed by atoms with van der Waals surface area (Å²) < 4.78 is 4.75. The SMILES string of the molecule is COC(=O)C(Cc1ccccc1)NC(=O)[C@H](N)CCSC. The van der Waals surface area contributed by atoms with Crippen LogP contribution >= 0.6 is 11.8 Å². The van der Waals surface area contributed by atoms with Gasteiger partial charge in [-0.15, -0.1) is 0 Å². The molecule has 0 saturated carbocycles. The number of hydrogen-bond acceptors (Lipinski definition) is 5. The first-order valence-corrected chi connectivity index (χ1v) is 8.14. The maximum absolute atomic E-state index is 12.0. The van der Waals surface area contributed by atoms with Crippen LogP contribution in [-0.2, 0) is 20.7 Å². The molecule has 0 aromatic heterocycles. The van der Waals surface area contributed by atoms with Crippen molar-refractivity contribution >= 4 is 23.6 Å². The highest BCUT2D eigenvalue weighted by Gasteiger charge is 2.24. The van der Waals surface area contributed by atoms with Gasteiger partial charge in [-0.1, -0.05) is 30.3 Å². The number of benzene rings is 1. The van der Waals surface area contributed by atoms with Gasteiger partial charge in [0.1, 0.15) is 6.04 Å². The van der Waals surface area contributed by atoms with Crippen LogP contribution in [0.1, 0.15) is 12.0 Å². The molecule has 0 heterocycles. The van der Waals surface area contributed by atoms with E-state index in [4.69, 9.17) is 10.5 Å². The first-order valence-electron chi connectivity index (χ1n) is 6.75. The van der Waals surface area contributed by atoms with E-state index >= 15 is 0 Å². The van der Waals surface area contributed by atoms with Crippen molar-refractivity contribution in [1.29, 1.82) is 0 Å².